The lowest BCUT2D eigenvalue weighted by atomic mass is 10.1. The molecule has 114 valence electrons. The number of nitrogen functional groups attached to an aromatic ring is 1. The molecule has 2 aromatic rings. The van der Waals surface area contributed by atoms with Crippen LogP contribution in [-0.4, -0.2) is 30.5 Å². The van der Waals surface area contributed by atoms with Crippen molar-refractivity contribution < 1.29 is 9.53 Å². The van der Waals surface area contributed by atoms with Crippen LogP contribution in [0.2, 0.25) is 5.02 Å². The molecule has 2 aromatic carbocycles. The molecule has 1 fully saturated rings. The van der Waals surface area contributed by atoms with Gasteiger partial charge in [0.1, 0.15) is 6.10 Å². The minimum Gasteiger partial charge on any atom is -0.399 e. The third kappa shape index (κ3) is 3.08. The fourth-order valence-corrected chi connectivity index (χ4v) is 2.85. The lowest BCUT2D eigenvalue weighted by Crippen LogP contribution is -2.42. The lowest BCUT2D eigenvalue weighted by Gasteiger charge is -2.33. The van der Waals surface area contributed by atoms with E-state index in [4.69, 9.17) is 22.1 Å². The van der Waals surface area contributed by atoms with Crippen LogP contribution in [0.1, 0.15) is 22.0 Å². The highest BCUT2D eigenvalue weighted by Gasteiger charge is 2.27. The molecule has 4 nitrogen and oxygen atoms in total. The van der Waals surface area contributed by atoms with E-state index < -0.39 is 0 Å². The molecular weight excluding hydrogens is 300 g/mol. The van der Waals surface area contributed by atoms with Crippen LogP contribution >= 0.6 is 11.6 Å². The standard InChI is InChI=1S/C17H17ClN2O2/c18-15-10-13(19)6-7-14(15)17(21)20-8-9-22-16(11-20)12-4-2-1-3-5-12/h1-7,10,16H,8-9,11,19H2. The van der Waals surface area contributed by atoms with Crippen molar-refractivity contribution in [1.29, 1.82) is 0 Å². The van der Waals surface area contributed by atoms with E-state index in [1.54, 1.807) is 23.1 Å². The van der Waals surface area contributed by atoms with Crippen LogP contribution in [0.4, 0.5) is 5.69 Å². The minimum absolute atomic E-state index is 0.0887. The van der Waals surface area contributed by atoms with Crippen LogP contribution < -0.4 is 5.73 Å². The summed E-state index contributed by atoms with van der Waals surface area (Å²) in [5.74, 6) is -0.0887. The monoisotopic (exact) mass is 316 g/mol. The highest BCUT2D eigenvalue weighted by atomic mass is 35.5. The number of benzene rings is 2. The molecule has 3 rings (SSSR count). The van der Waals surface area contributed by atoms with Crippen LogP contribution in [0.15, 0.2) is 48.5 Å². The van der Waals surface area contributed by atoms with E-state index in [1.165, 1.54) is 0 Å². The molecule has 0 radical (unpaired) electrons. The second-order valence-electron chi connectivity index (χ2n) is 5.26. The first kappa shape index (κ1) is 14.9. The number of nitrogens with two attached hydrogens (primary N) is 1. The number of morpholine rings is 1. The Morgan fingerprint density at radius 1 is 1.23 bits per heavy atom. The summed E-state index contributed by atoms with van der Waals surface area (Å²) >= 11 is 6.14. The first-order valence-corrected chi connectivity index (χ1v) is 7.54. The molecule has 0 spiro atoms. The molecule has 1 amide bonds. The number of anilines is 1. The van der Waals surface area contributed by atoms with E-state index in [0.29, 0.717) is 36.0 Å². The van der Waals surface area contributed by atoms with Gasteiger partial charge in [0.2, 0.25) is 0 Å². The topological polar surface area (TPSA) is 55.6 Å². The van der Waals surface area contributed by atoms with Crippen LogP contribution in [0.5, 0.6) is 0 Å². The number of amides is 1. The Balaban J connectivity index is 1.78. The summed E-state index contributed by atoms with van der Waals surface area (Å²) in [6.45, 7) is 1.59. The Bertz CT molecular complexity index is 676. The van der Waals surface area contributed by atoms with Gasteiger partial charge >= 0.3 is 0 Å². The number of rotatable bonds is 2. The van der Waals surface area contributed by atoms with Gasteiger partial charge in [-0.05, 0) is 23.8 Å². The van der Waals surface area contributed by atoms with Gasteiger partial charge in [0, 0.05) is 12.2 Å². The molecule has 22 heavy (non-hydrogen) atoms. The van der Waals surface area contributed by atoms with Crippen molar-refractivity contribution >= 4 is 23.2 Å². The van der Waals surface area contributed by atoms with Gasteiger partial charge < -0.3 is 15.4 Å². The highest BCUT2D eigenvalue weighted by Crippen LogP contribution is 2.25. The molecule has 1 unspecified atom stereocenters. The number of hydrogen-bond acceptors (Lipinski definition) is 3. The van der Waals surface area contributed by atoms with Gasteiger partial charge in [-0.25, -0.2) is 0 Å². The van der Waals surface area contributed by atoms with Crippen molar-refractivity contribution in [3.05, 3.63) is 64.7 Å². The normalized spacial score (nSPS) is 18.2. The quantitative estimate of drug-likeness (QED) is 0.866. The van der Waals surface area contributed by atoms with E-state index in [1.807, 2.05) is 30.3 Å². The summed E-state index contributed by atoms with van der Waals surface area (Å²) in [5.41, 5.74) is 7.77. The van der Waals surface area contributed by atoms with E-state index in [-0.39, 0.29) is 12.0 Å². The van der Waals surface area contributed by atoms with Crippen molar-refractivity contribution in [2.75, 3.05) is 25.4 Å². The maximum atomic E-state index is 12.7. The maximum absolute atomic E-state index is 12.7. The van der Waals surface area contributed by atoms with Crippen LogP contribution in [-0.2, 0) is 4.74 Å². The number of ether oxygens (including phenoxy) is 1. The fraction of sp³-hybridized carbons (Fsp3) is 0.235. The van der Waals surface area contributed by atoms with Crippen molar-refractivity contribution in [3.63, 3.8) is 0 Å². The Morgan fingerprint density at radius 3 is 2.73 bits per heavy atom. The third-order valence-electron chi connectivity index (χ3n) is 3.75. The number of nitrogens with zero attached hydrogens (tertiary/aromatic N) is 1. The summed E-state index contributed by atoms with van der Waals surface area (Å²) < 4.78 is 5.78. The van der Waals surface area contributed by atoms with Crippen LogP contribution in [0, 0.1) is 0 Å². The molecule has 0 saturated carbocycles. The zero-order valence-corrected chi connectivity index (χ0v) is 12.8. The fourth-order valence-electron chi connectivity index (χ4n) is 2.58. The first-order chi connectivity index (χ1) is 10.6. The van der Waals surface area contributed by atoms with E-state index in [2.05, 4.69) is 0 Å². The molecule has 1 heterocycles. The van der Waals surface area contributed by atoms with Crippen molar-refractivity contribution in [2.45, 2.75) is 6.10 Å². The lowest BCUT2D eigenvalue weighted by molar-refractivity contribution is -0.0228. The van der Waals surface area contributed by atoms with E-state index in [9.17, 15) is 4.79 Å². The average Bonchev–Trinajstić information content (AvgIpc) is 2.55. The van der Waals surface area contributed by atoms with E-state index in [0.717, 1.165) is 5.56 Å². The van der Waals surface area contributed by atoms with Crippen LogP contribution in [0.3, 0.4) is 0 Å². The Hall–Kier alpha value is -2.04. The SMILES string of the molecule is Nc1ccc(C(=O)N2CCOC(c3ccccc3)C2)c(Cl)c1. The summed E-state index contributed by atoms with van der Waals surface area (Å²) in [7, 11) is 0. The zero-order valence-electron chi connectivity index (χ0n) is 12.0. The van der Waals surface area contributed by atoms with Gasteiger partial charge in [-0.3, -0.25) is 4.79 Å². The van der Waals surface area contributed by atoms with Crippen molar-refractivity contribution in [1.82, 2.24) is 4.90 Å². The summed E-state index contributed by atoms with van der Waals surface area (Å²) in [4.78, 5) is 14.4. The van der Waals surface area contributed by atoms with Crippen molar-refractivity contribution in [2.24, 2.45) is 0 Å². The number of hydrogen-bond donors (Lipinski definition) is 1. The molecule has 2 N–H and O–H groups in total. The molecule has 1 aliphatic rings. The third-order valence-corrected chi connectivity index (χ3v) is 4.06. The Morgan fingerprint density at radius 2 is 2.00 bits per heavy atom. The summed E-state index contributed by atoms with van der Waals surface area (Å²) in [6.07, 6.45) is -0.105. The maximum Gasteiger partial charge on any atom is 0.255 e. The Labute approximate surface area is 134 Å². The Kier molecular flexibility index (Phi) is 4.32. The molecule has 1 atom stereocenters. The average molecular weight is 317 g/mol. The van der Waals surface area contributed by atoms with E-state index >= 15 is 0 Å². The van der Waals surface area contributed by atoms with Gasteiger partial charge in [-0.15, -0.1) is 0 Å². The second-order valence-corrected chi connectivity index (χ2v) is 5.67. The molecule has 0 bridgehead atoms. The smallest absolute Gasteiger partial charge is 0.255 e. The molecular formula is C17H17ClN2O2. The van der Waals surface area contributed by atoms with Gasteiger partial charge in [0.05, 0.1) is 23.7 Å². The predicted octanol–water partition coefficient (Wildman–Crippen LogP) is 3.14. The summed E-state index contributed by atoms with van der Waals surface area (Å²) in [6, 6.07) is 14.9. The van der Waals surface area contributed by atoms with Gasteiger partial charge in [0.15, 0.2) is 0 Å². The van der Waals surface area contributed by atoms with Crippen molar-refractivity contribution in [3.8, 4) is 0 Å². The molecule has 0 aromatic heterocycles. The van der Waals surface area contributed by atoms with Gasteiger partial charge in [0.25, 0.3) is 5.91 Å². The minimum atomic E-state index is -0.105. The number of carbonyl (C=O) groups excluding carboxylic acids is 1. The van der Waals surface area contributed by atoms with Gasteiger partial charge in [-0.1, -0.05) is 41.9 Å². The number of halogens is 1. The molecule has 0 aliphatic carbocycles. The summed E-state index contributed by atoms with van der Waals surface area (Å²) in [5, 5.41) is 0.382. The molecule has 5 heteroatoms. The number of carbonyl (C=O) groups is 1. The van der Waals surface area contributed by atoms with Gasteiger partial charge in [-0.2, -0.15) is 0 Å². The molecule has 1 saturated heterocycles. The van der Waals surface area contributed by atoms with Crippen LogP contribution in [0.25, 0.3) is 0 Å². The second kappa shape index (κ2) is 6.38. The largest absolute Gasteiger partial charge is 0.399 e. The zero-order chi connectivity index (χ0) is 15.5. The predicted molar refractivity (Wildman–Crippen MR) is 86.9 cm³/mol. The first-order valence-electron chi connectivity index (χ1n) is 7.16. The molecule has 1 aliphatic heterocycles. The highest BCUT2D eigenvalue weighted by molar-refractivity contribution is 6.34.